The van der Waals surface area contributed by atoms with E-state index < -0.39 is 5.60 Å². The van der Waals surface area contributed by atoms with Gasteiger partial charge in [-0.3, -0.25) is 0 Å². The molecule has 0 heterocycles. The normalized spacial score (nSPS) is 18.1. The van der Waals surface area contributed by atoms with Crippen molar-refractivity contribution >= 4 is 0 Å². The Morgan fingerprint density at radius 2 is 1.52 bits per heavy atom. The SMILES string of the molecule is Oc1ccc2c(c1)CC(O)(COc1cccc(OCc3ccccc3)c1)C2. The smallest absolute Gasteiger partial charge is 0.123 e. The third-order valence-corrected chi connectivity index (χ3v) is 4.79. The first-order valence-electron chi connectivity index (χ1n) is 9.02. The first-order valence-corrected chi connectivity index (χ1v) is 9.02. The van der Waals surface area contributed by atoms with Gasteiger partial charge in [0.15, 0.2) is 0 Å². The van der Waals surface area contributed by atoms with Crippen LogP contribution in [0.5, 0.6) is 17.2 Å². The third-order valence-electron chi connectivity index (χ3n) is 4.79. The highest BCUT2D eigenvalue weighted by atomic mass is 16.5. The summed E-state index contributed by atoms with van der Waals surface area (Å²) in [7, 11) is 0. The Bertz CT molecular complexity index is 923. The molecule has 0 amide bonds. The van der Waals surface area contributed by atoms with Gasteiger partial charge in [0.25, 0.3) is 0 Å². The minimum Gasteiger partial charge on any atom is -0.508 e. The van der Waals surface area contributed by atoms with Crippen LogP contribution in [0.1, 0.15) is 16.7 Å². The Hall–Kier alpha value is -2.98. The zero-order valence-corrected chi connectivity index (χ0v) is 15.0. The van der Waals surface area contributed by atoms with Crippen LogP contribution in [-0.2, 0) is 19.4 Å². The summed E-state index contributed by atoms with van der Waals surface area (Å²) in [5, 5.41) is 20.5. The van der Waals surface area contributed by atoms with Gasteiger partial charge < -0.3 is 19.7 Å². The molecule has 2 N–H and O–H groups in total. The van der Waals surface area contributed by atoms with Gasteiger partial charge in [-0.25, -0.2) is 0 Å². The number of rotatable bonds is 6. The first kappa shape index (κ1) is 17.4. The fraction of sp³-hybridized carbons (Fsp3) is 0.217. The highest BCUT2D eigenvalue weighted by Gasteiger charge is 2.36. The molecule has 0 saturated carbocycles. The molecular weight excluding hydrogens is 340 g/mol. The Kier molecular flexibility index (Phi) is 4.73. The second-order valence-electron chi connectivity index (χ2n) is 7.07. The number of fused-ring (bicyclic) bond motifs is 1. The van der Waals surface area contributed by atoms with Crippen LogP contribution < -0.4 is 9.47 Å². The maximum atomic E-state index is 10.8. The van der Waals surface area contributed by atoms with Gasteiger partial charge in [0.05, 0.1) is 0 Å². The molecule has 0 aliphatic heterocycles. The fourth-order valence-corrected chi connectivity index (χ4v) is 3.44. The maximum absolute atomic E-state index is 10.8. The number of aromatic hydroxyl groups is 1. The van der Waals surface area contributed by atoms with Crippen molar-refractivity contribution < 1.29 is 19.7 Å². The van der Waals surface area contributed by atoms with Crippen LogP contribution in [0.25, 0.3) is 0 Å². The summed E-state index contributed by atoms with van der Waals surface area (Å²) in [4.78, 5) is 0. The first-order chi connectivity index (χ1) is 13.1. The molecule has 3 aromatic carbocycles. The van der Waals surface area contributed by atoms with Crippen molar-refractivity contribution in [2.45, 2.75) is 25.0 Å². The van der Waals surface area contributed by atoms with E-state index in [2.05, 4.69) is 0 Å². The number of hydrogen-bond acceptors (Lipinski definition) is 4. The lowest BCUT2D eigenvalue weighted by molar-refractivity contribution is 0.00427. The van der Waals surface area contributed by atoms with Gasteiger partial charge in [-0.1, -0.05) is 42.5 Å². The molecule has 0 radical (unpaired) electrons. The van der Waals surface area contributed by atoms with E-state index in [1.54, 1.807) is 12.1 Å². The van der Waals surface area contributed by atoms with Gasteiger partial charge in [-0.05, 0) is 41.0 Å². The molecule has 0 aromatic heterocycles. The molecule has 0 spiro atoms. The molecule has 4 rings (SSSR count). The van der Waals surface area contributed by atoms with Crippen molar-refractivity contribution in [3.63, 3.8) is 0 Å². The van der Waals surface area contributed by atoms with E-state index in [4.69, 9.17) is 9.47 Å². The van der Waals surface area contributed by atoms with Crippen LogP contribution in [0.4, 0.5) is 0 Å². The molecule has 138 valence electrons. The van der Waals surface area contributed by atoms with Gasteiger partial charge in [-0.15, -0.1) is 0 Å². The second kappa shape index (κ2) is 7.33. The van der Waals surface area contributed by atoms with Crippen molar-refractivity contribution in [1.29, 1.82) is 0 Å². The van der Waals surface area contributed by atoms with Crippen molar-refractivity contribution in [2.75, 3.05) is 6.61 Å². The standard InChI is InChI=1S/C23H22O4/c24-20-10-9-18-13-23(25,14-19(18)11-20)16-27-22-8-4-7-21(12-22)26-15-17-5-2-1-3-6-17/h1-12,24-25H,13-16H2. The molecule has 1 aliphatic carbocycles. The largest absolute Gasteiger partial charge is 0.508 e. The summed E-state index contributed by atoms with van der Waals surface area (Å²) in [6.07, 6.45) is 0.994. The number of phenols is 1. The van der Waals surface area contributed by atoms with Crippen LogP contribution in [0.15, 0.2) is 72.8 Å². The molecule has 4 heteroatoms. The lowest BCUT2D eigenvalue weighted by Gasteiger charge is -2.22. The van der Waals surface area contributed by atoms with Gasteiger partial charge in [0, 0.05) is 18.9 Å². The number of benzene rings is 3. The van der Waals surface area contributed by atoms with Crippen molar-refractivity contribution in [3.8, 4) is 17.2 Å². The van der Waals surface area contributed by atoms with Crippen LogP contribution in [0.3, 0.4) is 0 Å². The molecule has 3 aromatic rings. The zero-order valence-electron chi connectivity index (χ0n) is 15.0. The summed E-state index contributed by atoms with van der Waals surface area (Å²) in [5.41, 5.74) is 2.17. The van der Waals surface area contributed by atoms with Gasteiger partial charge in [0.2, 0.25) is 0 Å². The Morgan fingerprint density at radius 3 is 2.33 bits per heavy atom. The highest BCUT2D eigenvalue weighted by molar-refractivity contribution is 5.41. The third kappa shape index (κ3) is 4.23. The van der Waals surface area contributed by atoms with Crippen LogP contribution in [0, 0.1) is 0 Å². The van der Waals surface area contributed by atoms with E-state index >= 15 is 0 Å². The van der Waals surface area contributed by atoms with Gasteiger partial charge in [0.1, 0.15) is 36.1 Å². The molecule has 1 aliphatic rings. The molecule has 1 unspecified atom stereocenters. The summed E-state index contributed by atoms with van der Waals surface area (Å²) < 4.78 is 11.7. The Labute approximate surface area is 158 Å². The van der Waals surface area contributed by atoms with Crippen LogP contribution >= 0.6 is 0 Å². The van der Waals surface area contributed by atoms with Gasteiger partial charge in [-0.2, -0.15) is 0 Å². The lowest BCUT2D eigenvalue weighted by Crippen LogP contribution is -2.36. The maximum Gasteiger partial charge on any atom is 0.123 e. The Morgan fingerprint density at radius 1 is 0.778 bits per heavy atom. The average Bonchev–Trinajstić information content (AvgIpc) is 3.02. The van der Waals surface area contributed by atoms with E-state index in [-0.39, 0.29) is 12.4 Å². The summed E-state index contributed by atoms with van der Waals surface area (Å²) >= 11 is 0. The minimum absolute atomic E-state index is 0.185. The predicted octanol–water partition coefficient (Wildman–Crippen LogP) is 3.88. The number of phenolic OH excluding ortho intramolecular Hbond substituents is 1. The molecule has 0 saturated heterocycles. The van der Waals surface area contributed by atoms with Crippen molar-refractivity contribution in [1.82, 2.24) is 0 Å². The molecule has 0 fully saturated rings. The van der Waals surface area contributed by atoms with Crippen molar-refractivity contribution in [2.24, 2.45) is 0 Å². The van der Waals surface area contributed by atoms with Crippen LogP contribution in [0.2, 0.25) is 0 Å². The molecule has 0 bridgehead atoms. The minimum atomic E-state index is -0.961. The molecule has 27 heavy (non-hydrogen) atoms. The van der Waals surface area contributed by atoms with E-state index in [1.165, 1.54) is 0 Å². The van der Waals surface area contributed by atoms with Gasteiger partial charge >= 0.3 is 0 Å². The Balaban J connectivity index is 1.36. The monoisotopic (exact) mass is 362 g/mol. The summed E-state index contributed by atoms with van der Waals surface area (Å²) in [6, 6.07) is 22.7. The lowest BCUT2D eigenvalue weighted by atomic mass is 10.0. The summed E-state index contributed by atoms with van der Waals surface area (Å²) in [5.74, 6) is 1.61. The summed E-state index contributed by atoms with van der Waals surface area (Å²) in [6.45, 7) is 0.678. The molecule has 1 atom stereocenters. The number of aliphatic hydroxyl groups is 1. The topological polar surface area (TPSA) is 58.9 Å². The van der Waals surface area contributed by atoms with E-state index in [1.807, 2.05) is 60.7 Å². The van der Waals surface area contributed by atoms with Crippen molar-refractivity contribution in [3.05, 3.63) is 89.5 Å². The highest BCUT2D eigenvalue weighted by Crippen LogP contribution is 2.33. The quantitative estimate of drug-likeness (QED) is 0.699. The molecular formula is C23H22O4. The molecule has 4 nitrogen and oxygen atoms in total. The average molecular weight is 362 g/mol. The number of hydrogen-bond donors (Lipinski definition) is 2. The number of ether oxygens (including phenoxy) is 2. The fourth-order valence-electron chi connectivity index (χ4n) is 3.44. The second-order valence-corrected chi connectivity index (χ2v) is 7.07. The van der Waals surface area contributed by atoms with E-state index in [0.717, 1.165) is 22.4 Å². The predicted molar refractivity (Wildman–Crippen MR) is 103 cm³/mol. The van der Waals surface area contributed by atoms with Crippen LogP contribution in [-0.4, -0.2) is 22.4 Å². The van der Waals surface area contributed by atoms with E-state index in [0.29, 0.717) is 25.2 Å². The van der Waals surface area contributed by atoms with E-state index in [9.17, 15) is 10.2 Å². The zero-order chi connectivity index (χ0) is 18.7.